The Hall–Kier alpha value is -3.64. The van der Waals surface area contributed by atoms with Crippen molar-refractivity contribution in [2.75, 3.05) is 27.9 Å². The van der Waals surface area contributed by atoms with E-state index >= 15 is 0 Å². The lowest BCUT2D eigenvalue weighted by atomic mass is 10.1. The maximum Gasteiger partial charge on any atom is 0.278 e. The predicted octanol–water partition coefficient (Wildman–Crippen LogP) is 1.95. The average molecular weight is 398 g/mol. The molecule has 1 heterocycles. The van der Waals surface area contributed by atoms with Gasteiger partial charge < -0.3 is 18.9 Å². The van der Waals surface area contributed by atoms with Crippen molar-refractivity contribution < 1.29 is 23.7 Å². The van der Waals surface area contributed by atoms with Gasteiger partial charge in [0.1, 0.15) is 23.1 Å². The number of carbonyl (C=O) groups is 1. The van der Waals surface area contributed by atoms with Crippen LogP contribution in [0.25, 0.3) is 0 Å². The van der Waals surface area contributed by atoms with Gasteiger partial charge >= 0.3 is 0 Å². The Balaban J connectivity index is 2.03. The number of nitriles is 1. The molecule has 0 bridgehead atoms. The number of aromatic nitrogens is 1. The lowest BCUT2D eigenvalue weighted by Gasteiger charge is -2.10. The van der Waals surface area contributed by atoms with E-state index in [1.165, 1.54) is 20.4 Å². The molecule has 0 spiro atoms. The van der Waals surface area contributed by atoms with Gasteiger partial charge in [-0.3, -0.25) is 4.79 Å². The van der Waals surface area contributed by atoms with Gasteiger partial charge in [0.25, 0.3) is 5.91 Å². The van der Waals surface area contributed by atoms with Crippen LogP contribution in [-0.2, 0) is 16.1 Å². The summed E-state index contributed by atoms with van der Waals surface area (Å²) in [5, 5.41) is 13.3. The van der Waals surface area contributed by atoms with Crippen LogP contribution in [0.5, 0.6) is 17.4 Å². The van der Waals surface area contributed by atoms with Crippen molar-refractivity contribution in [2.24, 2.45) is 5.10 Å². The van der Waals surface area contributed by atoms with E-state index in [0.717, 1.165) is 0 Å². The monoisotopic (exact) mass is 398 g/mol. The van der Waals surface area contributed by atoms with Gasteiger partial charge in [0.2, 0.25) is 5.88 Å². The van der Waals surface area contributed by atoms with E-state index in [1.54, 1.807) is 38.3 Å². The van der Waals surface area contributed by atoms with Crippen molar-refractivity contribution in [3.8, 4) is 23.4 Å². The van der Waals surface area contributed by atoms with Crippen LogP contribution in [0, 0.1) is 18.3 Å². The van der Waals surface area contributed by atoms with E-state index in [9.17, 15) is 10.1 Å². The Labute approximate surface area is 168 Å². The molecule has 9 nitrogen and oxygen atoms in total. The van der Waals surface area contributed by atoms with Crippen molar-refractivity contribution in [3.05, 3.63) is 46.6 Å². The van der Waals surface area contributed by atoms with Crippen molar-refractivity contribution in [3.63, 3.8) is 0 Å². The number of nitrogens with zero attached hydrogens (tertiary/aromatic N) is 3. The average Bonchev–Trinajstić information content (AvgIpc) is 2.72. The number of benzene rings is 1. The SMILES string of the molecule is COCc1cc(C)nc(OCC(=O)NN=Cc2cc(OC)ccc2OC)c1C#N. The molecule has 0 saturated heterocycles. The summed E-state index contributed by atoms with van der Waals surface area (Å²) in [4.78, 5) is 16.2. The molecular weight excluding hydrogens is 376 g/mol. The van der Waals surface area contributed by atoms with Gasteiger partial charge in [0.05, 0.1) is 27.0 Å². The van der Waals surface area contributed by atoms with Crippen LogP contribution in [0.3, 0.4) is 0 Å². The molecule has 1 N–H and O–H groups in total. The number of hydrogen-bond acceptors (Lipinski definition) is 8. The van der Waals surface area contributed by atoms with Crippen molar-refractivity contribution in [1.29, 1.82) is 5.26 Å². The third kappa shape index (κ3) is 5.92. The first-order chi connectivity index (χ1) is 14.0. The van der Waals surface area contributed by atoms with E-state index in [0.29, 0.717) is 28.3 Å². The number of carbonyl (C=O) groups excluding carboxylic acids is 1. The molecule has 0 aliphatic rings. The summed E-state index contributed by atoms with van der Waals surface area (Å²) >= 11 is 0. The summed E-state index contributed by atoms with van der Waals surface area (Å²) in [5.41, 5.74) is 4.50. The molecule has 0 aliphatic carbocycles. The fourth-order valence-corrected chi connectivity index (χ4v) is 2.48. The standard InChI is InChI=1S/C20H22N4O5/c1-13-7-15(11-26-2)17(9-21)20(23-13)29-12-19(25)24-22-10-14-8-16(27-3)5-6-18(14)28-4/h5-8,10H,11-12H2,1-4H3,(H,24,25). The zero-order valence-electron chi connectivity index (χ0n) is 16.7. The summed E-state index contributed by atoms with van der Waals surface area (Å²) in [6.07, 6.45) is 1.43. The van der Waals surface area contributed by atoms with Crippen molar-refractivity contribution >= 4 is 12.1 Å². The fraction of sp³-hybridized carbons (Fsp3) is 0.300. The van der Waals surface area contributed by atoms with Gasteiger partial charge in [-0.25, -0.2) is 10.4 Å². The molecule has 0 fully saturated rings. The first kappa shape index (κ1) is 21.7. The largest absolute Gasteiger partial charge is 0.497 e. The highest BCUT2D eigenvalue weighted by Gasteiger charge is 2.14. The Morgan fingerprint density at radius 2 is 2.07 bits per heavy atom. The van der Waals surface area contributed by atoms with Crippen LogP contribution in [-0.4, -0.2) is 45.0 Å². The summed E-state index contributed by atoms with van der Waals surface area (Å²) in [6, 6.07) is 8.97. The minimum atomic E-state index is -0.511. The molecule has 0 aliphatic heterocycles. The van der Waals surface area contributed by atoms with Gasteiger partial charge in [0.15, 0.2) is 6.61 Å². The third-order valence-electron chi connectivity index (χ3n) is 3.78. The van der Waals surface area contributed by atoms with Gasteiger partial charge in [-0.05, 0) is 31.2 Å². The second-order valence-corrected chi connectivity index (χ2v) is 5.84. The highest BCUT2D eigenvalue weighted by atomic mass is 16.5. The Morgan fingerprint density at radius 1 is 1.28 bits per heavy atom. The summed E-state index contributed by atoms with van der Waals surface area (Å²) in [6.45, 7) is 1.64. The minimum Gasteiger partial charge on any atom is -0.497 e. The lowest BCUT2D eigenvalue weighted by Crippen LogP contribution is -2.25. The normalized spacial score (nSPS) is 10.4. The number of rotatable bonds is 9. The number of pyridine rings is 1. The number of hydrazone groups is 1. The molecule has 0 radical (unpaired) electrons. The zero-order valence-corrected chi connectivity index (χ0v) is 16.7. The smallest absolute Gasteiger partial charge is 0.278 e. The molecule has 0 saturated carbocycles. The number of amides is 1. The molecule has 29 heavy (non-hydrogen) atoms. The predicted molar refractivity (Wildman–Crippen MR) is 105 cm³/mol. The van der Waals surface area contributed by atoms with Gasteiger partial charge in [-0.15, -0.1) is 0 Å². The highest BCUT2D eigenvalue weighted by Crippen LogP contribution is 2.22. The van der Waals surface area contributed by atoms with E-state index in [2.05, 4.69) is 15.5 Å². The van der Waals surface area contributed by atoms with Crippen molar-refractivity contribution in [2.45, 2.75) is 13.5 Å². The van der Waals surface area contributed by atoms with Crippen LogP contribution in [0.15, 0.2) is 29.4 Å². The Bertz CT molecular complexity index is 937. The van der Waals surface area contributed by atoms with Crippen LogP contribution >= 0.6 is 0 Å². The van der Waals surface area contributed by atoms with Gasteiger partial charge in [0, 0.05) is 23.9 Å². The molecule has 1 aromatic carbocycles. The third-order valence-corrected chi connectivity index (χ3v) is 3.78. The van der Waals surface area contributed by atoms with E-state index < -0.39 is 5.91 Å². The number of methoxy groups -OCH3 is 3. The lowest BCUT2D eigenvalue weighted by molar-refractivity contribution is -0.123. The van der Waals surface area contributed by atoms with Crippen LogP contribution in [0.1, 0.15) is 22.4 Å². The molecule has 1 amide bonds. The fourth-order valence-electron chi connectivity index (χ4n) is 2.48. The highest BCUT2D eigenvalue weighted by molar-refractivity contribution is 5.86. The zero-order chi connectivity index (χ0) is 21.2. The van der Waals surface area contributed by atoms with Gasteiger partial charge in [-0.2, -0.15) is 10.4 Å². The summed E-state index contributed by atoms with van der Waals surface area (Å²) in [5.74, 6) is 0.772. The first-order valence-electron chi connectivity index (χ1n) is 8.58. The van der Waals surface area contributed by atoms with E-state index in [4.69, 9.17) is 18.9 Å². The molecule has 2 aromatic rings. The maximum atomic E-state index is 12.0. The number of nitrogens with one attached hydrogen (secondary N) is 1. The topological polar surface area (TPSA) is 115 Å². The Kier molecular flexibility index (Phi) is 7.94. The molecule has 2 rings (SSSR count). The minimum absolute atomic E-state index is 0.0770. The van der Waals surface area contributed by atoms with Crippen LogP contribution < -0.4 is 19.6 Å². The summed E-state index contributed by atoms with van der Waals surface area (Å²) in [7, 11) is 4.61. The van der Waals surface area contributed by atoms with E-state index in [-0.39, 0.29) is 24.7 Å². The maximum absolute atomic E-state index is 12.0. The molecule has 9 heteroatoms. The number of ether oxygens (including phenoxy) is 4. The molecule has 152 valence electrons. The second kappa shape index (κ2) is 10.6. The molecule has 1 aromatic heterocycles. The Morgan fingerprint density at radius 3 is 2.72 bits per heavy atom. The molecule has 0 unspecified atom stereocenters. The number of aryl methyl sites for hydroxylation is 1. The van der Waals surface area contributed by atoms with Crippen LogP contribution in [0.2, 0.25) is 0 Å². The van der Waals surface area contributed by atoms with E-state index in [1.807, 2.05) is 6.07 Å². The first-order valence-corrected chi connectivity index (χ1v) is 8.58. The molecular formula is C20H22N4O5. The van der Waals surface area contributed by atoms with Crippen molar-refractivity contribution in [1.82, 2.24) is 10.4 Å². The quantitative estimate of drug-likeness (QED) is 0.507. The molecule has 0 atom stereocenters. The van der Waals surface area contributed by atoms with Crippen LogP contribution in [0.4, 0.5) is 0 Å². The summed E-state index contributed by atoms with van der Waals surface area (Å²) < 4.78 is 20.9. The number of hydrogen-bond donors (Lipinski definition) is 1. The second-order valence-electron chi connectivity index (χ2n) is 5.84. The van der Waals surface area contributed by atoms with Gasteiger partial charge in [-0.1, -0.05) is 0 Å².